The van der Waals surface area contributed by atoms with Crippen LogP contribution in [0.25, 0.3) is 0 Å². The van der Waals surface area contributed by atoms with Gasteiger partial charge in [-0.15, -0.1) is 0 Å². The van der Waals surface area contributed by atoms with Crippen molar-refractivity contribution in [3.8, 4) is 0 Å². The normalized spacial score (nSPS) is 34.0. The molecule has 3 aliphatic heterocycles. The fourth-order valence-electron chi connectivity index (χ4n) is 5.50. The fraction of sp³-hybridized carbons (Fsp3) is 0.562. The molecule has 0 spiro atoms. The molecular formula is C32H40ClNO13. The van der Waals surface area contributed by atoms with Gasteiger partial charge in [0, 0.05) is 12.8 Å². The van der Waals surface area contributed by atoms with Crippen molar-refractivity contribution in [1.82, 2.24) is 0 Å². The highest BCUT2D eigenvalue weighted by Gasteiger charge is 2.53. The van der Waals surface area contributed by atoms with Crippen LogP contribution in [0.4, 0.5) is 5.69 Å². The first-order valence-electron chi connectivity index (χ1n) is 15.3. The Kier molecular flexibility index (Phi) is 11.9. The number of amides is 1. The Labute approximate surface area is 276 Å². The van der Waals surface area contributed by atoms with Gasteiger partial charge in [-0.25, -0.2) is 4.79 Å². The molecule has 0 bridgehead atoms. The number of carbonyl (C=O) groups is 2. The standard InChI is InChI=1S/C32H40ClNO13/c1-15(2)30-43-14-22-27(46-30)24(37)26(39)32(45-22)47-28-21(13-41-29(40)18-7-5-4-6-8-18)44-31(25(38)23(28)36)42-12-17-9-10-19(33)20(11-17)34-16(3)35/h4-11,15,21-28,30-32,36-39H,12-14H2,1-3H3,(H,34,35)/t21-,22-,23-,24-,25-,26-,27-,28-,30?,31-,32-/m1/s1. The minimum Gasteiger partial charge on any atom is -0.459 e. The van der Waals surface area contributed by atoms with Gasteiger partial charge in [0.15, 0.2) is 18.9 Å². The van der Waals surface area contributed by atoms with Crippen molar-refractivity contribution in [1.29, 1.82) is 0 Å². The number of esters is 1. The lowest BCUT2D eigenvalue weighted by Gasteiger charge is -2.49. The highest BCUT2D eigenvalue weighted by atomic mass is 35.5. The second-order valence-electron chi connectivity index (χ2n) is 12.0. The van der Waals surface area contributed by atoms with Gasteiger partial charge in [0.1, 0.15) is 55.4 Å². The largest absolute Gasteiger partial charge is 0.459 e. The predicted octanol–water partition coefficient (Wildman–Crippen LogP) is 1.35. The number of rotatable bonds is 10. The number of halogens is 1. The van der Waals surface area contributed by atoms with Crippen LogP contribution in [0.5, 0.6) is 0 Å². The number of nitrogens with one attached hydrogen (secondary N) is 1. The molecule has 11 atom stereocenters. The minimum atomic E-state index is -1.69. The number of carbonyl (C=O) groups excluding carboxylic acids is 2. The van der Waals surface area contributed by atoms with E-state index in [1.165, 1.54) is 6.92 Å². The smallest absolute Gasteiger partial charge is 0.338 e. The van der Waals surface area contributed by atoms with Gasteiger partial charge in [-0.2, -0.15) is 0 Å². The molecule has 3 heterocycles. The number of ether oxygens (including phenoxy) is 7. The maximum Gasteiger partial charge on any atom is 0.338 e. The third-order valence-electron chi connectivity index (χ3n) is 7.98. The fourth-order valence-corrected chi connectivity index (χ4v) is 5.66. The quantitative estimate of drug-likeness (QED) is 0.226. The Morgan fingerprint density at radius 2 is 1.68 bits per heavy atom. The summed E-state index contributed by atoms with van der Waals surface area (Å²) in [6.07, 6.45) is -14.3. The van der Waals surface area contributed by atoms with E-state index in [-0.39, 0.29) is 30.6 Å². The third kappa shape index (κ3) is 8.47. The molecule has 0 saturated carbocycles. The molecule has 47 heavy (non-hydrogen) atoms. The summed E-state index contributed by atoms with van der Waals surface area (Å²) >= 11 is 6.16. The van der Waals surface area contributed by atoms with Crippen LogP contribution in [-0.2, 0) is 44.6 Å². The van der Waals surface area contributed by atoms with E-state index in [1.54, 1.807) is 48.5 Å². The topological polar surface area (TPSA) is 192 Å². The molecule has 2 aromatic carbocycles. The molecule has 0 aromatic heterocycles. The van der Waals surface area contributed by atoms with Crippen LogP contribution >= 0.6 is 11.6 Å². The monoisotopic (exact) mass is 681 g/mol. The zero-order valence-electron chi connectivity index (χ0n) is 26.0. The van der Waals surface area contributed by atoms with Crippen molar-refractivity contribution >= 4 is 29.2 Å². The van der Waals surface area contributed by atoms with Gasteiger partial charge in [0.25, 0.3) is 0 Å². The van der Waals surface area contributed by atoms with Gasteiger partial charge in [-0.05, 0) is 29.8 Å². The summed E-state index contributed by atoms with van der Waals surface area (Å²) in [6.45, 7) is 4.59. The summed E-state index contributed by atoms with van der Waals surface area (Å²) in [5.74, 6) is -1.02. The van der Waals surface area contributed by atoms with E-state index in [0.717, 1.165) is 0 Å². The molecular weight excluding hydrogens is 642 g/mol. The molecule has 0 aliphatic carbocycles. The summed E-state index contributed by atoms with van der Waals surface area (Å²) in [5, 5.41) is 47.1. The van der Waals surface area contributed by atoms with Crippen molar-refractivity contribution in [3.63, 3.8) is 0 Å². The number of anilines is 1. The first kappa shape index (κ1) is 35.6. The Morgan fingerprint density at radius 1 is 0.957 bits per heavy atom. The van der Waals surface area contributed by atoms with E-state index in [0.29, 0.717) is 16.3 Å². The van der Waals surface area contributed by atoms with E-state index >= 15 is 0 Å². The lowest BCUT2D eigenvalue weighted by Crippen LogP contribution is -2.66. The van der Waals surface area contributed by atoms with Crippen molar-refractivity contribution in [3.05, 3.63) is 64.7 Å². The second kappa shape index (κ2) is 15.7. The van der Waals surface area contributed by atoms with Crippen molar-refractivity contribution in [2.75, 3.05) is 18.5 Å². The zero-order valence-corrected chi connectivity index (χ0v) is 26.8. The van der Waals surface area contributed by atoms with Gasteiger partial charge < -0.3 is 58.9 Å². The SMILES string of the molecule is CC(=O)Nc1cc(CO[C@@H]2O[C@H](COC(=O)c3ccccc3)[C@@H](O[C@H]3O[C@@H]4COC(C(C)C)O[C@H]4[C@H](O)[C@H]3O)[C@H](O)[C@H]2O)ccc1Cl. The van der Waals surface area contributed by atoms with E-state index in [4.69, 9.17) is 44.8 Å². The van der Waals surface area contributed by atoms with Gasteiger partial charge in [0.2, 0.25) is 5.91 Å². The van der Waals surface area contributed by atoms with Gasteiger partial charge in [-0.1, -0.05) is 49.7 Å². The number of fused-ring (bicyclic) bond motifs is 1. The average molecular weight is 682 g/mol. The molecule has 14 nitrogen and oxygen atoms in total. The number of aliphatic hydroxyl groups is 4. The molecule has 3 aliphatic rings. The molecule has 3 saturated heterocycles. The maximum absolute atomic E-state index is 12.8. The molecule has 1 unspecified atom stereocenters. The molecule has 258 valence electrons. The van der Waals surface area contributed by atoms with Crippen molar-refractivity contribution < 1.29 is 63.2 Å². The van der Waals surface area contributed by atoms with E-state index in [2.05, 4.69) is 5.32 Å². The second-order valence-corrected chi connectivity index (χ2v) is 12.4. The lowest BCUT2D eigenvalue weighted by atomic mass is 9.96. The van der Waals surface area contributed by atoms with Gasteiger partial charge in [-0.3, -0.25) is 4.79 Å². The number of hydrogen-bond acceptors (Lipinski definition) is 13. The van der Waals surface area contributed by atoms with Crippen LogP contribution in [0.3, 0.4) is 0 Å². The first-order chi connectivity index (χ1) is 22.4. The molecule has 3 fully saturated rings. The van der Waals surface area contributed by atoms with Crippen molar-refractivity contribution in [2.45, 2.75) is 95.1 Å². The van der Waals surface area contributed by atoms with Crippen LogP contribution in [0, 0.1) is 5.92 Å². The van der Waals surface area contributed by atoms with Crippen LogP contribution in [0.1, 0.15) is 36.7 Å². The van der Waals surface area contributed by atoms with Crippen LogP contribution in [-0.4, -0.2) is 113 Å². The molecule has 2 aromatic rings. The Morgan fingerprint density at radius 3 is 2.38 bits per heavy atom. The molecule has 0 radical (unpaired) electrons. The molecule has 5 rings (SSSR count). The predicted molar refractivity (Wildman–Crippen MR) is 163 cm³/mol. The number of benzene rings is 2. The summed E-state index contributed by atoms with van der Waals surface area (Å²) in [5.41, 5.74) is 1.19. The third-order valence-corrected chi connectivity index (χ3v) is 8.31. The Bertz CT molecular complexity index is 1360. The van der Waals surface area contributed by atoms with Crippen LogP contribution < -0.4 is 5.32 Å². The lowest BCUT2D eigenvalue weighted by molar-refractivity contribution is -0.387. The van der Waals surface area contributed by atoms with Gasteiger partial charge in [0.05, 0.1) is 29.5 Å². The summed E-state index contributed by atoms with van der Waals surface area (Å²) in [6, 6.07) is 13.0. The van der Waals surface area contributed by atoms with Crippen LogP contribution in [0.2, 0.25) is 5.02 Å². The van der Waals surface area contributed by atoms with E-state index < -0.39 is 80.3 Å². The highest BCUT2D eigenvalue weighted by Crippen LogP contribution is 2.34. The highest BCUT2D eigenvalue weighted by molar-refractivity contribution is 6.33. The first-order valence-corrected chi connectivity index (χ1v) is 15.7. The van der Waals surface area contributed by atoms with E-state index in [1.807, 2.05) is 13.8 Å². The summed E-state index contributed by atoms with van der Waals surface area (Å²) < 4.78 is 40.7. The molecule has 5 N–H and O–H groups in total. The van der Waals surface area contributed by atoms with Crippen molar-refractivity contribution in [2.24, 2.45) is 5.92 Å². The maximum atomic E-state index is 12.8. The zero-order chi connectivity index (χ0) is 33.8. The number of hydrogen-bond donors (Lipinski definition) is 5. The Hall–Kier alpha value is -2.73. The summed E-state index contributed by atoms with van der Waals surface area (Å²) in [7, 11) is 0. The average Bonchev–Trinajstić information content (AvgIpc) is 3.05. The van der Waals surface area contributed by atoms with Gasteiger partial charge >= 0.3 is 5.97 Å². The van der Waals surface area contributed by atoms with E-state index in [9.17, 15) is 30.0 Å². The Balaban J connectivity index is 1.31. The molecule has 1 amide bonds. The molecule has 15 heteroatoms. The number of aliphatic hydroxyl groups excluding tert-OH is 4. The summed E-state index contributed by atoms with van der Waals surface area (Å²) in [4.78, 5) is 24.3. The minimum absolute atomic E-state index is 0.0150. The van der Waals surface area contributed by atoms with Crippen LogP contribution in [0.15, 0.2) is 48.5 Å².